The van der Waals surface area contributed by atoms with E-state index in [2.05, 4.69) is 9.97 Å². The van der Waals surface area contributed by atoms with Gasteiger partial charge >= 0.3 is 15.8 Å². The largest absolute Gasteiger partial charge is 0.457 e. The Kier molecular flexibility index (Phi) is 4.65. The van der Waals surface area contributed by atoms with Gasteiger partial charge in [-0.05, 0) is 42.5 Å². The summed E-state index contributed by atoms with van der Waals surface area (Å²) in [6, 6.07) is 18.9. The van der Waals surface area contributed by atoms with Crippen molar-refractivity contribution in [2.75, 3.05) is 0 Å². The summed E-state index contributed by atoms with van der Waals surface area (Å²) in [6.07, 6.45) is 0. The summed E-state index contributed by atoms with van der Waals surface area (Å²) in [5.41, 5.74) is -1.15. The number of para-hydroxylation sites is 1. The quantitative estimate of drug-likeness (QED) is 0.489. The molecule has 0 radical (unpaired) electrons. The van der Waals surface area contributed by atoms with Gasteiger partial charge in [0.1, 0.15) is 22.1 Å². The van der Waals surface area contributed by atoms with Crippen LogP contribution in [0.15, 0.2) is 87.3 Å². The summed E-state index contributed by atoms with van der Waals surface area (Å²) in [4.78, 5) is 27.5. The van der Waals surface area contributed by atoms with Crippen LogP contribution in [-0.4, -0.2) is 18.4 Å². The molecule has 146 valence electrons. The number of fused-ring (bicyclic) bond motifs is 1. The zero-order valence-electron chi connectivity index (χ0n) is 14.8. The van der Waals surface area contributed by atoms with E-state index in [1.165, 1.54) is 24.3 Å². The van der Waals surface area contributed by atoms with Crippen molar-refractivity contribution in [1.82, 2.24) is 9.97 Å². The maximum absolute atomic E-state index is 12.6. The molecule has 1 heterocycles. The third-order valence-corrected chi connectivity index (χ3v) is 5.23. The smallest absolute Gasteiger partial charge is 0.339 e. The molecule has 1 aromatic heterocycles. The number of ether oxygens (including phenoxy) is 1. The summed E-state index contributed by atoms with van der Waals surface area (Å²) in [5, 5.41) is 0.0236. The molecule has 0 unspecified atom stereocenters. The molecule has 3 aromatic carbocycles. The van der Waals surface area contributed by atoms with Gasteiger partial charge in [0.15, 0.2) is 0 Å². The van der Waals surface area contributed by atoms with E-state index in [1.807, 2.05) is 18.2 Å². The van der Waals surface area contributed by atoms with E-state index in [-0.39, 0.29) is 21.5 Å². The molecule has 0 aliphatic carbocycles. The third-order valence-electron chi connectivity index (χ3n) is 3.99. The molecule has 0 aliphatic heterocycles. The predicted octanol–water partition coefficient (Wildman–Crippen LogP) is 2.78. The molecule has 4 rings (SSSR count). The van der Waals surface area contributed by atoms with Gasteiger partial charge in [-0.3, -0.25) is 9.78 Å². The van der Waals surface area contributed by atoms with Gasteiger partial charge in [0.25, 0.3) is 5.56 Å². The van der Waals surface area contributed by atoms with Crippen LogP contribution in [0.25, 0.3) is 10.9 Å². The first-order valence-corrected chi connectivity index (χ1v) is 9.85. The van der Waals surface area contributed by atoms with Gasteiger partial charge in [0.2, 0.25) is 0 Å². The molecule has 0 fully saturated rings. The Bertz CT molecular complexity index is 1410. The van der Waals surface area contributed by atoms with E-state index in [9.17, 15) is 18.0 Å². The maximum Gasteiger partial charge on any atom is 0.339 e. The average Bonchev–Trinajstić information content (AvgIpc) is 2.68. The molecule has 0 bridgehead atoms. The Morgan fingerprint density at radius 3 is 2.24 bits per heavy atom. The number of hydrogen-bond acceptors (Lipinski definition) is 6. The van der Waals surface area contributed by atoms with Gasteiger partial charge < -0.3 is 13.9 Å². The highest BCUT2D eigenvalue weighted by Gasteiger charge is 2.18. The van der Waals surface area contributed by atoms with Crippen molar-refractivity contribution in [2.45, 2.75) is 4.90 Å². The number of aromatic amines is 2. The van der Waals surface area contributed by atoms with Crippen molar-refractivity contribution >= 4 is 21.0 Å². The van der Waals surface area contributed by atoms with E-state index in [1.54, 1.807) is 24.3 Å². The standard InChI is InChI=1S/C20H14N2O6S/c23-19-17-12-16(9-10-18(17)21-20(24)22-19)29(25,26)28-15-8-4-7-14(11-15)27-13-5-2-1-3-6-13/h1-12H,(H2,21,22,23,24). The van der Waals surface area contributed by atoms with Crippen molar-refractivity contribution in [3.8, 4) is 17.2 Å². The Morgan fingerprint density at radius 1 is 0.724 bits per heavy atom. The fourth-order valence-corrected chi connectivity index (χ4v) is 3.64. The van der Waals surface area contributed by atoms with E-state index in [0.29, 0.717) is 11.5 Å². The van der Waals surface area contributed by atoms with Crippen molar-refractivity contribution in [1.29, 1.82) is 0 Å². The van der Waals surface area contributed by atoms with Gasteiger partial charge in [-0.15, -0.1) is 0 Å². The lowest BCUT2D eigenvalue weighted by molar-refractivity contribution is 0.469. The Labute approximate surface area is 164 Å². The fourth-order valence-electron chi connectivity index (χ4n) is 2.69. The number of hydrogen-bond donors (Lipinski definition) is 2. The second-order valence-corrected chi connectivity index (χ2v) is 7.59. The second kappa shape index (κ2) is 7.28. The van der Waals surface area contributed by atoms with Crippen molar-refractivity contribution in [2.24, 2.45) is 0 Å². The number of benzene rings is 3. The molecular weight excluding hydrogens is 396 g/mol. The minimum atomic E-state index is -4.22. The first-order valence-electron chi connectivity index (χ1n) is 8.44. The first-order chi connectivity index (χ1) is 13.9. The molecule has 0 atom stereocenters. The molecule has 29 heavy (non-hydrogen) atoms. The summed E-state index contributed by atoms with van der Waals surface area (Å²) >= 11 is 0. The van der Waals surface area contributed by atoms with E-state index in [4.69, 9.17) is 8.92 Å². The molecular formula is C20H14N2O6S. The normalized spacial score (nSPS) is 11.3. The first kappa shape index (κ1) is 18.5. The Hall–Kier alpha value is -3.85. The third kappa shape index (κ3) is 4.04. The number of aromatic nitrogens is 2. The van der Waals surface area contributed by atoms with Crippen LogP contribution in [0, 0.1) is 0 Å². The minimum absolute atomic E-state index is 0.0236. The van der Waals surface area contributed by atoms with E-state index in [0.717, 1.165) is 6.07 Å². The zero-order chi connectivity index (χ0) is 20.4. The predicted molar refractivity (Wildman–Crippen MR) is 106 cm³/mol. The van der Waals surface area contributed by atoms with Crippen LogP contribution < -0.4 is 20.2 Å². The van der Waals surface area contributed by atoms with E-state index < -0.39 is 21.4 Å². The highest BCUT2D eigenvalue weighted by molar-refractivity contribution is 7.87. The highest BCUT2D eigenvalue weighted by atomic mass is 32.2. The monoisotopic (exact) mass is 410 g/mol. The summed E-state index contributed by atoms with van der Waals surface area (Å²) in [6.45, 7) is 0. The van der Waals surface area contributed by atoms with Crippen LogP contribution in [0.2, 0.25) is 0 Å². The van der Waals surface area contributed by atoms with Gasteiger partial charge in [-0.2, -0.15) is 8.42 Å². The van der Waals surface area contributed by atoms with Gasteiger partial charge in [0.05, 0.1) is 10.9 Å². The van der Waals surface area contributed by atoms with Gasteiger partial charge in [0, 0.05) is 6.07 Å². The fraction of sp³-hybridized carbons (Fsp3) is 0. The molecule has 0 saturated heterocycles. The summed E-state index contributed by atoms with van der Waals surface area (Å²) < 4.78 is 36.1. The molecule has 0 amide bonds. The van der Waals surface area contributed by atoms with Crippen LogP contribution in [0.4, 0.5) is 0 Å². The Balaban J connectivity index is 1.64. The number of rotatable bonds is 5. The summed E-state index contributed by atoms with van der Waals surface area (Å²) in [7, 11) is -4.22. The molecule has 8 nitrogen and oxygen atoms in total. The van der Waals surface area contributed by atoms with Crippen LogP contribution in [0.5, 0.6) is 17.2 Å². The van der Waals surface area contributed by atoms with Crippen LogP contribution in [0.1, 0.15) is 0 Å². The van der Waals surface area contributed by atoms with Crippen molar-refractivity contribution in [3.63, 3.8) is 0 Å². The van der Waals surface area contributed by atoms with Crippen LogP contribution in [0.3, 0.4) is 0 Å². The lowest BCUT2D eigenvalue weighted by Crippen LogP contribution is -2.22. The highest BCUT2D eigenvalue weighted by Crippen LogP contribution is 2.27. The second-order valence-electron chi connectivity index (χ2n) is 6.04. The number of H-pyrrole nitrogens is 2. The van der Waals surface area contributed by atoms with Gasteiger partial charge in [-0.1, -0.05) is 24.3 Å². The van der Waals surface area contributed by atoms with Crippen molar-refractivity contribution in [3.05, 3.63) is 93.6 Å². The van der Waals surface area contributed by atoms with Crippen LogP contribution >= 0.6 is 0 Å². The lowest BCUT2D eigenvalue weighted by Gasteiger charge is -2.10. The molecule has 2 N–H and O–H groups in total. The van der Waals surface area contributed by atoms with Crippen LogP contribution in [-0.2, 0) is 10.1 Å². The molecule has 0 spiro atoms. The molecule has 0 saturated carbocycles. The topological polar surface area (TPSA) is 118 Å². The minimum Gasteiger partial charge on any atom is -0.457 e. The lowest BCUT2D eigenvalue weighted by atomic mass is 10.2. The molecule has 0 aliphatic rings. The maximum atomic E-state index is 12.6. The SMILES string of the molecule is O=c1[nH]c(=O)c2cc(S(=O)(=O)Oc3cccc(Oc4ccccc4)c3)ccc2[nH]1. The van der Waals surface area contributed by atoms with Crippen molar-refractivity contribution < 1.29 is 17.3 Å². The molecule has 4 aromatic rings. The van der Waals surface area contributed by atoms with Gasteiger partial charge in [-0.25, -0.2) is 4.79 Å². The average molecular weight is 410 g/mol. The number of nitrogens with one attached hydrogen (secondary N) is 2. The summed E-state index contributed by atoms with van der Waals surface area (Å²) in [5.74, 6) is 1.04. The zero-order valence-corrected chi connectivity index (χ0v) is 15.6. The van der Waals surface area contributed by atoms with E-state index >= 15 is 0 Å². The Morgan fingerprint density at radius 2 is 1.45 bits per heavy atom. The molecule has 9 heteroatoms.